The summed E-state index contributed by atoms with van der Waals surface area (Å²) in [5.74, 6) is 0.504. The Hall–Kier alpha value is -0.280. The minimum absolute atomic E-state index is 0.157. The molecule has 1 rings (SSSR count). The summed E-state index contributed by atoms with van der Waals surface area (Å²) in [6.45, 7) is 4.46. The molecule has 1 atom stereocenters. The highest BCUT2D eigenvalue weighted by molar-refractivity contribution is 7.80. The van der Waals surface area contributed by atoms with Crippen LogP contribution < -0.4 is 0 Å². The smallest absolute Gasteiger partial charge is 0.309 e. The van der Waals surface area contributed by atoms with E-state index in [4.69, 9.17) is 9.05 Å². The zero-order valence-corrected chi connectivity index (χ0v) is 13.4. The van der Waals surface area contributed by atoms with Crippen molar-refractivity contribution in [3.63, 3.8) is 0 Å². The summed E-state index contributed by atoms with van der Waals surface area (Å²) in [4.78, 5) is 0. The van der Waals surface area contributed by atoms with Crippen LogP contribution in [0.2, 0.25) is 0 Å². The molecule has 0 aliphatic carbocycles. The van der Waals surface area contributed by atoms with Gasteiger partial charge >= 0.3 is 7.60 Å². The fourth-order valence-electron chi connectivity index (χ4n) is 1.94. The van der Waals surface area contributed by atoms with Gasteiger partial charge in [0.1, 0.15) is 0 Å². The van der Waals surface area contributed by atoms with E-state index in [9.17, 15) is 4.57 Å². The Balaban J connectivity index is 2.67. The molecule has 5 heteroatoms. The van der Waals surface area contributed by atoms with Crippen molar-refractivity contribution in [1.29, 1.82) is 0 Å². The zero-order chi connectivity index (χ0) is 14.1. The summed E-state index contributed by atoms with van der Waals surface area (Å²) in [5, 5.41) is 0. The quantitative estimate of drug-likeness (QED) is 0.549. The van der Waals surface area contributed by atoms with Crippen LogP contribution in [-0.4, -0.2) is 24.6 Å². The van der Waals surface area contributed by atoms with Crippen molar-refractivity contribution in [1.82, 2.24) is 0 Å². The van der Waals surface area contributed by atoms with Gasteiger partial charge in [0.15, 0.2) is 0 Å². The molecule has 0 N–H and O–H groups in total. The van der Waals surface area contributed by atoms with Crippen LogP contribution in [0, 0.1) is 0 Å². The maximum atomic E-state index is 12.7. The number of thiol groups is 1. The molecule has 1 aromatic rings. The van der Waals surface area contributed by atoms with Crippen LogP contribution in [0.4, 0.5) is 0 Å². The number of benzene rings is 1. The van der Waals surface area contributed by atoms with Crippen molar-refractivity contribution in [2.45, 2.75) is 32.3 Å². The summed E-state index contributed by atoms with van der Waals surface area (Å²) in [7, 11) is -3.04. The van der Waals surface area contributed by atoms with Crippen LogP contribution in [0.5, 0.6) is 0 Å². The Kier molecular flexibility index (Phi) is 7.77. The van der Waals surface area contributed by atoms with Crippen molar-refractivity contribution >= 4 is 20.2 Å². The minimum atomic E-state index is -3.04. The molecule has 0 heterocycles. The number of rotatable bonds is 9. The molecule has 1 unspecified atom stereocenters. The molecule has 1 aromatic carbocycles. The van der Waals surface area contributed by atoms with E-state index in [1.54, 1.807) is 0 Å². The van der Waals surface area contributed by atoms with E-state index in [-0.39, 0.29) is 5.66 Å². The number of hydrogen-bond donors (Lipinski definition) is 1. The van der Waals surface area contributed by atoms with E-state index in [2.05, 4.69) is 24.8 Å². The molecule has 0 aromatic heterocycles. The van der Waals surface area contributed by atoms with Gasteiger partial charge in [-0.3, -0.25) is 4.57 Å². The Morgan fingerprint density at radius 1 is 1.16 bits per heavy atom. The summed E-state index contributed by atoms with van der Waals surface area (Å²) < 4.78 is 23.5. The van der Waals surface area contributed by atoms with Gasteiger partial charge in [-0.2, -0.15) is 12.6 Å². The SMILES string of the molecule is CCOP(=O)(OCC)C(CS)CCc1ccccc1. The second kappa shape index (κ2) is 8.80. The molecule has 19 heavy (non-hydrogen) atoms. The normalized spacial score (nSPS) is 13.4. The predicted molar refractivity (Wildman–Crippen MR) is 83.3 cm³/mol. The molecule has 0 saturated carbocycles. The van der Waals surface area contributed by atoms with Crippen molar-refractivity contribution < 1.29 is 13.6 Å². The Labute approximate surface area is 121 Å². The van der Waals surface area contributed by atoms with E-state index < -0.39 is 7.60 Å². The second-order valence-electron chi connectivity index (χ2n) is 4.24. The molecule has 0 bridgehead atoms. The molecule has 0 spiro atoms. The second-order valence-corrected chi connectivity index (χ2v) is 6.93. The first kappa shape index (κ1) is 16.8. The van der Waals surface area contributed by atoms with Gasteiger partial charge in [-0.05, 0) is 32.3 Å². The predicted octanol–water partition coefficient (Wildman–Crippen LogP) is 4.18. The van der Waals surface area contributed by atoms with Crippen LogP contribution >= 0.6 is 20.2 Å². The summed E-state index contributed by atoms with van der Waals surface area (Å²) in [6, 6.07) is 10.2. The maximum Gasteiger partial charge on any atom is 0.334 e. The first-order valence-corrected chi connectivity index (χ1v) is 8.94. The van der Waals surface area contributed by atoms with Crippen molar-refractivity contribution in [3.05, 3.63) is 35.9 Å². The van der Waals surface area contributed by atoms with Gasteiger partial charge in [-0.25, -0.2) is 0 Å². The summed E-state index contributed by atoms with van der Waals surface area (Å²) in [5.41, 5.74) is 1.07. The number of aryl methyl sites for hydroxylation is 1. The number of hydrogen-bond acceptors (Lipinski definition) is 4. The van der Waals surface area contributed by atoms with Crippen LogP contribution in [0.1, 0.15) is 25.8 Å². The molecule has 0 saturated heterocycles. The van der Waals surface area contributed by atoms with E-state index >= 15 is 0 Å². The Bertz CT molecular complexity index is 387. The lowest BCUT2D eigenvalue weighted by Crippen LogP contribution is -2.16. The monoisotopic (exact) mass is 302 g/mol. The first-order valence-electron chi connectivity index (χ1n) is 6.69. The van der Waals surface area contributed by atoms with E-state index in [0.717, 1.165) is 12.8 Å². The first-order chi connectivity index (χ1) is 9.16. The van der Waals surface area contributed by atoms with Crippen LogP contribution in [0.25, 0.3) is 0 Å². The fraction of sp³-hybridized carbons (Fsp3) is 0.571. The van der Waals surface area contributed by atoms with Gasteiger partial charge < -0.3 is 9.05 Å². The lowest BCUT2D eigenvalue weighted by molar-refractivity contribution is 0.212. The standard InChI is InChI=1S/C14H23O3PS/c1-3-16-18(15,17-4-2)14(12-19)11-10-13-8-6-5-7-9-13/h5-9,14,19H,3-4,10-12H2,1-2H3. The highest BCUT2D eigenvalue weighted by Crippen LogP contribution is 2.54. The largest absolute Gasteiger partial charge is 0.334 e. The fourth-order valence-corrected chi connectivity index (χ4v) is 4.58. The molecule has 0 aliphatic rings. The topological polar surface area (TPSA) is 35.5 Å². The highest BCUT2D eigenvalue weighted by atomic mass is 32.1. The molecule has 108 valence electrons. The van der Waals surface area contributed by atoms with Gasteiger partial charge in [-0.1, -0.05) is 30.3 Å². The molecule has 0 amide bonds. The van der Waals surface area contributed by atoms with E-state index in [1.807, 2.05) is 32.0 Å². The molecule has 0 fully saturated rings. The van der Waals surface area contributed by atoms with Gasteiger partial charge in [-0.15, -0.1) is 0 Å². The lowest BCUT2D eigenvalue weighted by atomic mass is 10.1. The summed E-state index contributed by atoms with van der Waals surface area (Å²) >= 11 is 4.31. The zero-order valence-electron chi connectivity index (χ0n) is 11.6. The third-order valence-corrected chi connectivity index (χ3v) is 6.19. The Morgan fingerprint density at radius 3 is 2.21 bits per heavy atom. The maximum absolute atomic E-state index is 12.7. The molecular weight excluding hydrogens is 279 g/mol. The average molecular weight is 302 g/mol. The van der Waals surface area contributed by atoms with E-state index in [1.165, 1.54) is 5.56 Å². The van der Waals surface area contributed by atoms with Crippen molar-refractivity contribution in [3.8, 4) is 0 Å². The van der Waals surface area contributed by atoms with Gasteiger partial charge in [0.05, 0.1) is 18.9 Å². The van der Waals surface area contributed by atoms with Crippen LogP contribution in [-0.2, 0) is 20.0 Å². The molecule has 3 nitrogen and oxygen atoms in total. The highest BCUT2D eigenvalue weighted by Gasteiger charge is 2.33. The van der Waals surface area contributed by atoms with Crippen LogP contribution in [0.3, 0.4) is 0 Å². The van der Waals surface area contributed by atoms with E-state index in [0.29, 0.717) is 19.0 Å². The average Bonchev–Trinajstić information content (AvgIpc) is 2.41. The van der Waals surface area contributed by atoms with Gasteiger partial charge in [0, 0.05) is 5.75 Å². The third kappa shape index (κ3) is 5.31. The van der Waals surface area contributed by atoms with Gasteiger partial charge in [0.25, 0.3) is 0 Å². The van der Waals surface area contributed by atoms with Crippen LogP contribution in [0.15, 0.2) is 30.3 Å². The molecule has 0 aliphatic heterocycles. The summed E-state index contributed by atoms with van der Waals surface area (Å²) in [6.07, 6.45) is 1.61. The van der Waals surface area contributed by atoms with Crippen molar-refractivity contribution in [2.75, 3.05) is 19.0 Å². The minimum Gasteiger partial charge on any atom is -0.309 e. The van der Waals surface area contributed by atoms with Crippen molar-refractivity contribution in [2.24, 2.45) is 0 Å². The molecule has 0 radical (unpaired) electrons. The Morgan fingerprint density at radius 2 is 1.74 bits per heavy atom. The van der Waals surface area contributed by atoms with Gasteiger partial charge in [0.2, 0.25) is 0 Å². The molecular formula is C14H23O3PS. The lowest BCUT2D eigenvalue weighted by Gasteiger charge is -2.25. The third-order valence-electron chi connectivity index (χ3n) is 2.89.